The molecular formula is C14H14N2O3. The highest BCUT2D eigenvalue weighted by molar-refractivity contribution is 5.99. The highest BCUT2D eigenvalue weighted by Crippen LogP contribution is 2.26. The van der Waals surface area contributed by atoms with Crippen molar-refractivity contribution in [3.05, 3.63) is 53.6 Å². The molecule has 2 aromatic rings. The van der Waals surface area contributed by atoms with Gasteiger partial charge in [-0.3, -0.25) is 4.79 Å². The monoisotopic (exact) mass is 258 g/mol. The topological polar surface area (TPSA) is 95.6 Å². The molecule has 0 aromatic heterocycles. The van der Waals surface area contributed by atoms with Gasteiger partial charge in [-0.2, -0.15) is 0 Å². The first-order valence-electron chi connectivity index (χ1n) is 5.72. The Kier molecular flexibility index (Phi) is 3.56. The molecule has 98 valence electrons. The number of nitrogens with one attached hydrogen (secondary N) is 1. The fraction of sp³-hybridized carbons (Fsp3) is 0.0714. The minimum Gasteiger partial charge on any atom is -0.507 e. The predicted molar refractivity (Wildman–Crippen MR) is 71.8 cm³/mol. The fourth-order valence-electron chi connectivity index (χ4n) is 1.72. The smallest absolute Gasteiger partial charge is 0.259 e. The SMILES string of the molecule is Nc1ccccc1CNC(=O)c1c(O)cccc1O. The van der Waals surface area contributed by atoms with Crippen LogP contribution in [0.15, 0.2) is 42.5 Å². The van der Waals surface area contributed by atoms with Crippen LogP contribution in [0.4, 0.5) is 5.69 Å². The molecule has 0 saturated carbocycles. The summed E-state index contributed by atoms with van der Waals surface area (Å²) in [6, 6.07) is 11.3. The van der Waals surface area contributed by atoms with E-state index in [0.717, 1.165) is 5.56 Å². The average Bonchev–Trinajstić information content (AvgIpc) is 2.37. The Morgan fingerprint density at radius 3 is 2.32 bits per heavy atom. The molecule has 0 aliphatic rings. The van der Waals surface area contributed by atoms with Crippen molar-refractivity contribution in [3.63, 3.8) is 0 Å². The second-order valence-electron chi connectivity index (χ2n) is 4.05. The number of benzene rings is 2. The summed E-state index contributed by atoms with van der Waals surface area (Å²) in [6.45, 7) is 0.222. The Bertz CT molecular complexity index is 591. The van der Waals surface area contributed by atoms with E-state index in [1.165, 1.54) is 18.2 Å². The molecule has 0 unspecified atom stereocenters. The zero-order chi connectivity index (χ0) is 13.8. The third-order valence-electron chi connectivity index (χ3n) is 2.74. The third kappa shape index (κ3) is 2.77. The van der Waals surface area contributed by atoms with Crippen molar-refractivity contribution in [1.29, 1.82) is 0 Å². The van der Waals surface area contributed by atoms with Gasteiger partial charge in [-0.15, -0.1) is 0 Å². The lowest BCUT2D eigenvalue weighted by atomic mass is 10.1. The maximum absolute atomic E-state index is 11.9. The molecule has 0 aliphatic heterocycles. The molecule has 5 nitrogen and oxygen atoms in total. The second-order valence-corrected chi connectivity index (χ2v) is 4.05. The van der Waals surface area contributed by atoms with Crippen LogP contribution in [-0.2, 0) is 6.54 Å². The first-order valence-corrected chi connectivity index (χ1v) is 5.72. The van der Waals surface area contributed by atoms with Crippen LogP contribution in [-0.4, -0.2) is 16.1 Å². The Balaban J connectivity index is 2.13. The molecule has 0 atom stereocenters. The van der Waals surface area contributed by atoms with Crippen molar-refractivity contribution in [1.82, 2.24) is 5.32 Å². The van der Waals surface area contributed by atoms with Gasteiger partial charge in [0.05, 0.1) is 0 Å². The molecule has 0 saturated heterocycles. The molecule has 0 bridgehead atoms. The summed E-state index contributed by atoms with van der Waals surface area (Å²) in [5.74, 6) is -1.09. The molecule has 0 fully saturated rings. The summed E-state index contributed by atoms with van der Waals surface area (Å²) >= 11 is 0. The van der Waals surface area contributed by atoms with Crippen molar-refractivity contribution in [3.8, 4) is 11.5 Å². The zero-order valence-corrected chi connectivity index (χ0v) is 10.1. The van der Waals surface area contributed by atoms with E-state index in [9.17, 15) is 15.0 Å². The van der Waals surface area contributed by atoms with Crippen LogP contribution in [0.2, 0.25) is 0 Å². The number of hydrogen-bond donors (Lipinski definition) is 4. The maximum atomic E-state index is 11.9. The van der Waals surface area contributed by atoms with E-state index in [1.807, 2.05) is 6.07 Å². The minimum atomic E-state index is -0.557. The van der Waals surface area contributed by atoms with Crippen LogP contribution in [0.1, 0.15) is 15.9 Å². The predicted octanol–water partition coefficient (Wildman–Crippen LogP) is 1.61. The normalized spacial score (nSPS) is 10.1. The van der Waals surface area contributed by atoms with Gasteiger partial charge in [-0.1, -0.05) is 24.3 Å². The van der Waals surface area contributed by atoms with E-state index < -0.39 is 5.91 Å². The van der Waals surface area contributed by atoms with Gasteiger partial charge in [0.1, 0.15) is 17.1 Å². The van der Waals surface area contributed by atoms with Crippen molar-refractivity contribution in [2.75, 3.05) is 5.73 Å². The molecule has 0 spiro atoms. The quantitative estimate of drug-likeness (QED) is 0.629. The van der Waals surface area contributed by atoms with Gasteiger partial charge in [-0.25, -0.2) is 0 Å². The van der Waals surface area contributed by atoms with E-state index in [4.69, 9.17) is 5.73 Å². The molecule has 0 heterocycles. The molecular weight excluding hydrogens is 244 g/mol. The molecule has 2 aromatic carbocycles. The van der Waals surface area contributed by atoms with Gasteiger partial charge in [0.15, 0.2) is 0 Å². The molecule has 1 amide bonds. The van der Waals surface area contributed by atoms with Crippen LogP contribution < -0.4 is 11.1 Å². The molecule has 5 N–H and O–H groups in total. The highest BCUT2D eigenvalue weighted by Gasteiger charge is 2.15. The van der Waals surface area contributed by atoms with Crippen LogP contribution in [0, 0.1) is 0 Å². The lowest BCUT2D eigenvalue weighted by Gasteiger charge is -2.09. The van der Waals surface area contributed by atoms with E-state index in [0.29, 0.717) is 5.69 Å². The Hall–Kier alpha value is -2.69. The number of carbonyl (C=O) groups is 1. The molecule has 19 heavy (non-hydrogen) atoms. The summed E-state index contributed by atoms with van der Waals surface area (Å²) in [5.41, 5.74) is 6.96. The summed E-state index contributed by atoms with van der Waals surface area (Å²) in [5, 5.41) is 21.7. The standard InChI is InChI=1S/C14H14N2O3/c15-10-5-2-1-4-9(10)8-16-14(19)13-11(17)6-3-7-12(13)18/h1-7,17-18H,8,15H2,(H,16,19). The molecule has 5 heteroatoms. The Morgan fingerprint density at radius 2 is 1.68 bits per heavy atom. The summed E-state index contributed by atoms with van der Waals surface area (Å²) in [7, 11) is 0. The van der Waals surface area contributed by atoms with Crippen LogP contribution in [0.25, 0.3) is 0 Å². The first kappa shape index (κ1) is 12.8. The average molecular weight is 258 g/mol. The summed E-state index contributed by atoms with van der Waals surface area (Å²) in [6.07, 6.45) is 0. The van der Waals surface area contributed by atoms with Crippen LogP contribution in [0.3, 0.4) is 0 Å². The van der Waals surface area contributed by atoms with E-state index >= 15 is 0 Å². The molecule has 0 aliphatic carbocycles. The first-order chi connectivity index (χ1) is 9.09. The van der Waals surface area contributed by atoms with Crippen LogP contribution >= 0.6 is 0 Å². The van der Waals surface area contributed by atoms with Gasteiger partial charge in [0.25, 0.3) is 5.91 Å². The number of phenols is 2. The number of amides is 1. The van der Waals surface area contributed by atoms with Gasteiger partial charge in [-0.05, 0) is 23.8 Å². The van der Waals surface area contributed by atoms with Crippen molar-refractivity contribution in [2.45, 2.75) is 6.54 Å². The molecule has 2 rings (SSSR count). The number of nitrogens with two attached hydrogens (primary N) is 1. The van der Waals surface area contributed by atoms with Gasteiger partial charge < -0.3 is 21.3 Å². The van der Waals surface area contributed by atoms with Crippen molar-refractivity contribution < 1.29 is 15.0 Å². The van der Waals surface area contributed by atoms with E-state index in [-0.39, 0.29) is 23.6 Å². The van der Waals surface area contributed by atoms with Crippen molar-refractivity contribution in [2.24, 2.45) is 0 Å². The van der Waals surface area contributed by atoms with Crippen molar-refractivity contribution >= 4 is 11.6 Å². The number of rotatable bonds is 3. The highest BCUT2D eigenvalue weighted by atomic mass is 16.3. The van der Waals surface area contributed by atoms with Gasteiger partial charge >= 0.3 is 0 Å². The van der Waals surface area contributed by atoms with E-state index in [1.54, 1.807) is 18.2 Å². The van der Waals surface area contributed by atoms with E-state index in [2.05, 4.69) is 5.32 Å². The number of phenolic OH excluding ortho intramolecular Hbond substituents is 2. The Morgan fingerprint density at radius 1 is 1.05 bits per heavy atom. The Labute approximate surface area is 110 Å². The largest absolute Gasteiger partial charge is 0.507 e. The number of para-hydroxylation sites is 1. The lowest BCUT2D eigenvalue weighted by Crippen LogP contribution is -2.23. The summed E-state index contributed by atoms with van der Waals surface area (Å²) in [4.78, 5) is 11.9. The van der Waals surface area contributed by atoms with Crippen LogP contribution in [0.5, 0.6) is 11.5 Å². The fourth-order valence-corrected chi connectivity index (χ4v) is 1.72. The number of nitrogen functional groups attached to an aromatic ring is 1. The second kappa shape index (κ2) is 5.30. The number of carbonyl (C=O) groups excluding carboxylic acids is 1. The number of hydrogen-bond acceptors (Lipinski definition) is 4. The number of aromatic hydroxyl groups is 2. The lowest BCUT2D eigenvalue weighted by molar-refractivity contribution is 0.0945. The summed E-state index contributed by atoms with van der Waals surface area (Å²) < 4.78 is 0. The molecule has 0 radical (unpaired) electrons. The maximum Gasteiger partial charge on any atom is 0.259 e. The third-order valence-corrected chi connectivity index (χ3v) is 2.74. The van der Waals surface area contributed by atoms with Gasteiger partial charge in [0.2, 0.25) is 0 Å². The zero-order valence-electron chi connectivity index (χ0n) is 10.1. The number of anilines is 1. The van der Waals surface area contributed by atoms with Gasteiger partial charge in [0, 0.05) is 12.2 Å². The minimum absolute atomic E-state index is 0.142.